The van der Waals surface area contributed by atoms with Gasteiger partial charge in [-0.25, -0.2) is 9.97 Å². The maximum absolute atomic E-state index is 13.3. The van der Waals surface area contributed by atoms with Crippen molar-refractivity contribution in [1.82, 2.24) is 24.4 Å². The van der Waals surface area contributed by atoms with Crippen LogP contribution in [0.25, 0.3) is 22.3 Å². The van der Waals surface area contributed by atoms with Crippen LogP contribution in [0.3, 0.4) is 0 Å². The molecule has 1 amide bonds. The molecule has 0 aromatic carbocycles. The molecule has 38 heavy (non-hydrogen) atoms. The Morgan fingerprint density at radius 2 is 1.97 bits per heavy atom. The lowest BCUT2D eigenvalue weighted by molar-refractivity contribution is -0.174. The van der Waals surface area contributed by atoms with E-state index in [9.17, 15) is 27.9 Å². The summed E-state index contributed by atoms with van der Waals surface area (Å²) in [6, 6.07) is 4.96. The Morgan fingerprint density at radius 3 is 2.63 bits per heavy atom. The predicted molar refractivity (Wildman–Crippen MR) is 131 cm³/mol. The number of fused-ring (bicyclic) bond motifs is 1. The SMILES string of the molecule is COc1ccc(-c2cc3c(cn2)nc(NCC(=O)N2CCC(O)CC2)c(=O)n3CCOCC(F)(F)F)cn1. The molecule has 3 aromatic rings. The number of amides is 1. The van der Waals surface area contributed by atoms with Gasteiger partial charge in [-0.05, 0) is 25.0 Å². The summed E-state index contributed by atoms with van der Waals surface area (Å²) in [4.78, 5) is 40.3. The maximum atomic E-state index is 13.3. The first-order valence-electron chi connectivity index (χ1n) is 11.9. The maximum Gasteiger partial charge on any atom is 0.411 e. The molecular weight excluding hydrogens is 509 g/mol. The number of carbonyl (C=O) groups excluding carboxylic acids is 1. The van der Waals surface area contributed by atoms with Gasteiger partial charge in [0.15, 0.2) is 5.82 Å². The number of rotatable bonds is 9. The number of nitrogens with zero attached hydrogens (tertiary/aromatic N) is 5. The van der Waals surface area contributed by atoms with Crippen molar-refractivity contribution in [2.45, 2.75) is 31.7 Å². The fraction of sp³-hybridized carbons (Fsp3) is 0.458. The fourth-order valence-corrected chi connectivity index (χ4v) is 4.02. The van der Waals surface area contributed by atoms with Crippen LogP contribution in [0, 0.1) is 0 Å². The number of hydrogen-bond donors (Lipinski definition) is 2. The van der Waals surface area contributed by atoms with Gasteiger partial charge >= 0.3 is 6.18 Å². The second-order valence-corrected chi connectivity index (χ2v) is 8.70. The zero-order chi connectivity index (χ0) is 27.3. The number of aliphatic hydroxyl groups excluding tert-OH is 1. The number of methoxy groups -OCH3 is 1. The summed E-state index contributed by atoms with van der Waals surface area (Å²) >= 11 is 0. The quantitative estimate of drug-likeness (QED) is 0.393. The van der Waals surface area contributed by atoms with E-state index in [2.05, 4.69) is 20.3 Å². The van der Waals surface area contributed by atoms with E-state index < -0.39 is 24.4 Å². The van der Waals surface area contributed by atoms with E-state index in [1.165, 1.54) is 24.1 Å². The Balaban J connectivity index is 1.61. The number of halogens is 3. The number of piperidine rings is 1. The van der Waals surface area contributed by atoms with Crippen molar-refractivity contribution in [2.24, 2.45) is 0 Å². The Bertz CT molecular complexity index is 1320. The third-order valence-electron chi connectivity index (χ3n) is 6.02. The second-order valence-electron chi connectivity index (χ2n) is 8.70. The van der Waals surface area contributed by atoms with E-state index in [0.29, 0.717) is 54.1 Å². The molecule has 1 fully saturated rings. The van der Waals surface area contributed by atoms with Crippen LogP contribution in [0.1, 0.15) is 12.8 Å². The smallest absolute Gasteiger partial charge is 0.411 e. The molecule has 11 nitrogen and oxygen atoms in total. The Kier molecular flexibility index (Phi) is 8.42. The first-order chi connectivity index (χ1) is 18.1. The van der Waals surface area contributed by atoms with Gasteiger partial charge in [0.25, 0.3) is 5.56 Å². The second kappa shape index (κ2) is 11.7. The van der Waals surface area contributed by atoms with Crippen molar-refractivity contribution in [1.29, 1.82) is 0 Å². The van der Waals surface area contributed by atoms with Gasteiger partial charge in [-0.1, -0.05) is 0 Å². The zero-order valence-corrected chi connectivity index (χ0v) is 20.6. The Hall–Kier alpha value is -3.78. The summed E-state index contributed by atoms with van der Waals surface area (Å²) in [7, 11) is 1.48. The molecule has 1 aliphatic heterocycles. The summed E-state index contributed by atoms with van der Waals surface area (Å²) in [6.07, 6.45) is -1.02. The monoisotopic (exact) mass is 536 g/mol. The molecule has 3 aromatic heterocycles. The molecule has 4 rings (SSSR count). The van der Waals surface area contributed by atoms with Gasteiger partial charge in [0.1, 0.15) is 12.1 Å². The van der Waals surface area contributed by atoms with Crippen LogP contribution in [0.4, 0.5) is 19.0 Å². The predicted octanol–water partition coefficient (Wildman–Crippen LogP) is 1.84. The Morgan fingerprint density at radius 1 is 1.21 bits per heavy atom. The van der Waals surface area contributed by atoms with Gasteiger partial charge in [-0.3, -0.25) is 14.6 Å². The molecule has 0 atom stereocenters. The van der Waals surface area contributed by atoms with Crippen molar-refractivity contribution >= 4 is 22.8 Å². The minimum Gasteiger partial charge on any atom is -0.481 e. The third kappa shape index (κ3) is 6.75. The molecule has 0 spiro atoms. The lowest BCUT2D eigenvalue weighted by Crippen LogP contribution is -2.43. The van der Waals surface area contributed by atoms with Gasteiger partial charge in [0.2, 0.25) is 11.8 Å². The van der Waals surface area contributed by atoms with Crippen molar-refractivity contribution in [2.75, 3.05) is 45.3 Å². The third-order valence-corrected chi connectivity index (χ3v) is 6.02. The van der Waals surface area contributed by atoms with Crippen molar-refractivity contribution in [3.8, 4) is 17.1 Å². The molecular formula is C24H27F3N6O5. The molecule has 2 N–H and O–H groups in total. The minimum atomic E-state index is -4.50. The van der Waals surface area contributed by atoms with E-state index in [0.717, 1.165) is 0 Å². The molecule has 4 heterocycles. The molecule has 14 heteroatoms. The molecule has 0 radical (unpaired) electrons. The van der Waals surface area contributed by atoms with E-state index in [4.69, 9.17) is 9.47 Å². The summed E-state index contributed by atoms with van der Waals surface area (Å²) in [6.45, 7) is -1.42. The van der Waals surface area contributed by atoms with E-state index >= 15 is 0 Å². The number of aliphatic hydroxyl groups is 1. The van der Waals surface area contributed by atoms with Gasteiger partial charge in [-0.2, -0.15) is 13.2 Å². The summed E-state index contributed by atoms with van der Waals surface area (Å²) in [5.41, 5.74) is 1.08. The van der Waals surface area contributed by atoms with Gasteiger partial charge in [0.05, 0.1) is 43.8 Å². The molecule has 0 bridgehead atoms. The van der Waals surface area contributed by atoms with Gasteiger partial charge in [-0.15, -0.1) is 0 Å². The zero-order valence-electron chi connectivity index (χ0n) is 20.6. The van der Waals surface area contributed by atoms with E-state index in [1.54, 1.807) is 23.1 Å². The number of pyridine rings is 2. The minimum absolute atomic E-state index is 0.139. The van der Waals surface area contributed by atoms with Crippen LogP contribution in [0.5, 0.6) is 5.88 Å². The highest BCUT2D eigenvalue weighted by Gasteiger charge is 2.27. The molecule has 204 valence electrons. The van der Waals surface area contributed by atoms with E-state index in [-0.39, 0.29) is 31.4 Å². The van der Waals surface area contributed by atoms with Crippen LogP contribution < -0.4 is 15.6 Å². The van der Waals surface area contributed by atoms with Crippen LogP contribution >= 0.6 is 0 Å². The molecule has 0 aliphatic carbocycles. The highest BCUT2D eigenvalue weighted by molar-refractivity contribution is 5.82. The largest absolute Gasteiger partial charge is 0.481 e. The lowest BCUT2D eigenvalue weighted by atomic mass is 10.1. The molecule has 0 saturated carbocycles. The Labute approximate surface area is 215 Å². The van der Waals surface area contributed by atoms with Crippen LogP contribution in [0.15, 0.2) is 35.4 Å². The summed E-state index contributed by atoms with van der Waals surface area (Å²) in [5.74, 6) is -0.000890. The first-order valence-corrected chi connectivity index (χ1v) is 11.9. The van der Waals surface area contributed by atoms with E-state index in [1.807, 2.05) is 0 Å². The topological polar surface area (TPSA) is 132 Å². The number of nitrogens with one attached hydrogen (secondary N) is 1. The van der Waals surface area contributed by atoms with Gasteiger partial charge < -0.3 is 29.4 Å². The van der Waals surface area contributed by atoms with Gasteiger partial charge in [0, 0.05) is 37.5 Å². The van der Waals surface area contributed by atoms with Crippen LogP contribution in [0.2, 0.25) is 0 Å². The van der Waals surface area contributed by atoms with Crippen molar-refractivity contribution in [3.63, 3.8) is 0 Å². The number of likely N-dealkylation sites (tertiary alicyclic amines) is 1. The first kappa shape index (κ1) is 27.3. The van der Waals surface area contributed by atoms with Crippen LogP contribution in [-0.2, 0) is 16.1 Å². The summed E-state index contributed by atoms with van der Waals surface area (Å²) in [5, 5.41) is 12.4. The number of alkyl halides is 3. The normalized spacial score (nSPS) is 14.6. The number of carbonyl (C=O) groups is 1. The van der Waals surface area contributed by atoms with Crippen LogP contribution in [-0.4, -0.2) is 87.7 Å². The summed E-state index contributed by atoms with van der Waals surface area (Å²) < 4.78 is 48.6. The van der Waals surface area contributed by atoms with Crippen molar-refractivity contribution < 1.29 is 32.5 Å². The number of aromatic nitrogens is 4. The molecule has 0 unspecified atom stereocenters. The average Bonchev–Trinajstić information content (AvgIpc) is 2.90. The lowest BCUT2D eigenvalue weighted by Gasteiger charge is -2.29. The number of anilines is 1. The highest BCUT2D eigenvalue weighted by atomic mass is 19.4. The molecule has 1 aliphatic rings. The van der Waals surface area contributed by atoms with Crippen molar-refractivity contribution in [3.05, 3.63) is 40.9 Å². The number of ether oxygens (including phenoxy) is 2. The highest BCUT2D eigenvalue weighted by Crippen LogP contribution is 2.22. The average molecular weight is 537 g/mol. The standard InChI is InChI=1S/C24H27F3N6O5/c1-37-20-3-2-15(11-29-20)17-10-19-18(12-28-17)31-22(23(36)33(19)8-9-38-14-24(25,26)27)30-13-21(35)32-6-4-16(34)5-7-32/h2-3,10-12,16,34H,4-9,13-14H2,1H3,(H,30,31). The number of hydrogen-bond acceptors (Lipinski definition) is 9. The fourth-order valence-electron chi connectivity index (χ4n) is 4.02. The molecule has 1 saturated heterocycles.